The van der Waals surface area contributed by atoms with Gasteiger partial charge in [0.25, 0.3) is 0 Å². The van der Waals surface area contributed by atoms with Crippen molar-refractivity contribution in [2.45, 2.75) is 18.9 Å². The summed E-state index contributed by atoms with van der Waals surface area (Å²) >= 11 is 0. The molecule has 0 amide bonds. The van der Waals surface area contributed by atoms with E-state index in [0.717, 1.165) is 36.5 Å². The normalized spacial score (nSPS) is 17.5. The van der Waals surface area contributed by atoms with Crippen molar-refractivity contribution >= 4 is 5.69 Å². The minimum Gasteiger partial charge on any atom is -0.497 e. The van der Waals surface area contributed by atoms with Gasteiger partial charge in [-0.25, -0.2) is 9.97 Å². The molecule has 0 saturated carbocycles. The molecule has 4 nitrogen and oxygen atoms in total. The first-order valence-corrected chi connectivity index (χ1v) is 6.83. The van der Waals surface area contributed by atoms with Gasteiger partial charge >= 0.3 is 0 Å². The summed E-state index contributed by atoms with van der Waals surface area (Å²) < 4.78 is 5.51. The van der Waals surface area contributed by atoms with Crippen molar-refractivity contribution in [1.29, 1.82) is 0 Å². The summed E-state index contributed by atoms with van der Waals surface area (Å²) in [6, 6.07) is 9.96. The Hall–Kier alpha value is -2.36. The molecule has 3 rings (SSSR count). The van der Waals surface area contributed by atoms with Crippen LogP contribution in [0.1, 0.15) is 12.8 Å². The third kappa shape index (κ3) is 3.15. The molecule has 20 heavy (non-hydrogen) atoms. The molecule has 0 saturated heterocycles. The molecule has 1 aromatic carbocycles. The van der Waals surface area contributed by atoms with Gasteiger partial charge in [-0.15, -0.1) is 0 Å². The summed E-state index contributed by atoms with van der Waals surface area (Å²) in [4.78, 5) is 8.77. The molecule has 0 radical (unpaired) electrons. The summed E-state index contributed by atoms with van der Waals surface area (Å²) in [5, 5.41) is 3.31. The van der Waals surface area contributed by atoms with E-state index >= 15 is 0 Å². The second-order valence-corrected chi connectivity index (χ2v) is 4.75. The molecule has 1 atom stereocenters. The number of ether oxygens (including phenoxy) is 1. The number of benzene rings is 1. The average Bonchev–Trinajstić information content (AvgIpc) is 2.55. The van der Waals surface area contributed by atoms with Crippen LogP contribution in [0, 0.1) is 0 Å². The van der Waals surface area contributed by atoms with Gasteiger partial charge in [0, 0.05) is 5.56 Å². The monoisotopic (exact) mass is 267 g/mol. The van der Waals surface area contributed by atoms with Gasteiger partial charge in [0.2, 0.25) is 0 Å². The highest BCUT2D eigenvalue weighted by atomic mass is 16.5. The minimum atomic E-state index is 0.230. The van der Waals surface area contributed by atoms with Gasteiger partial charge in [-0.05, 0) is 18.9 Å². The summed E-state index contributed by atoms with van der Waals surface area (Å²) in [6.45, 7) is 0.776. The van der Waals surface area contributed by atoms with Crippen LogP contribution in [-0.2, 0) is 4.74 Å². The molecule has 102 valence electrons. The van der Waals surface area contributed by atoms with Crippen LogP contribution < -0.4 is 5.32 Å². The Kier molecular flexibility index (Phi) is 3.92. The number of hydrogen-bond donors (Lipinski definition) is 1. The van der Waals surface area contributed by atoms with Crippen LogP contribution in [0.2, 0.25) is 0 Å². The molecule has 1 aliphatic rings. The van der Waals surface area contributed by atoms with Gasteiger partial charge in [-0.1, -0.05) is 30.3 Å². The Bertz CT molecular complexity index is 566. The zero-order valence-electron chi connectivity index (χ0n) is 11.2. The predicted molar refractivity (Wildman–Crippen MR) is 79.2 cm³/mol. The van der Waals surface area contributed by atoms with Gasteiger partial charge < -0.3 is 10.1 Å². The van der Waals surface area contributed by atoms with Crippen molar-refractivity contribution in [3.05, 3.63) is 55.1 Å². The van der Waals surface area contributed by atoms with Crippen LogP contribution >= 0.6 is 0 Å². The van der Waals surface area contributed by atoms with Gasteiger partial charge in [0.1, 0.15) is 6.10 Å². The van der Waals surface area contributed by atoms with Crippen molar-refractivity contribution in [2.24, 2.45) is 0 Å². The molecule has 0 fully saturated rings. The van der Waals surface area contributed by atoms with Gasteiger partial charge in [-0.2, -0.15) is 0 Å². The molecular weight excluding hydrogens is 250 g/mol. The highest BCUT2D eigenvalue weighted by molar-refractivity contribution is 5.55. The summed E-state index contributed by atoms with van der Waals surface area (Å²) in [5.41, 5.74) is 1.95. The maximum Gasteiger partial charge on any atom is 0.159 e. The number of nitrogens with one attached hydrogen (secondary N) is 1. The maximum atomic E-state index is 5.51. The Morgan fingerprint density at radius 3 is 2.65 bits per heavy atom. The first-order valence-electron chi connectivity index (χ1n) is 6.83. The Labute approximate surface area is 118 Å². The molecule has 1 unspecified atom stereocenters. The number of allylic oxidation sites excluding steroid dienone is 1. The molecule has 0 aliphatic carbocycles. The molecule has 1 N–H and O–H groups in total. The van der Waals surface area contributed by atoms with Gasteiger partial charge in [0.15, 0.2) is 5.82 Å². The van der Waals surface area contributed by atoms with E-state index in [1.54, 1.807) is 6.26 Å². The number of hydrogen-bond acceptors (Lipinski definition) is 4. The van der Waals surface area contributed by atoms with E-state index in [0.29, 0.717) is 0 Å². The lowest BCUT2D eigenvalue weighted by Gasteiger charge is -2.20. The Morgan fingerprint density at radius 2 is 1.95 bits per heavy atom. The molecule has 2 aromatic rings. The van der Waals surface area contributed by atoms with Crippen LogP contribution in [0.4, 0.5) is 5.69 Å². The summed E-state index contributed by atoms with van der Waals surface area (Å²) in [6.07, 6.45) is 9.82. The van der Waals surface area contributed by atoms with E-state index in [2.05, 4.69) is 15.3 Å². The molecule has 0 spiro atoms. The predicted octanol–water partition coefficient (Wildman–Crippen LogP) is 3.25. The topological polar surface area (TPSA) is 47.0 Å². The highest BCUT2D eigenvalue weighted by Crippen LogP contribution is 2.15. The lowest BCUT2D eigenvalue weighted by atomic mass is 10.1. The zero-order valence-corrected chi connectivity index (χ0v) is 11.2. The number of rotatable bonds is 4. The first kappa shape index (κ1) is 12.7. The third-order valence-corrected chi connectivity index (χ3v) is 3.24. The second-order valence-electron chi connectivity index (χ2n) is 4.75. The van der Waals surface area contributed by atoms with E-state index in [-0.39, 0.29) is 6.10 Å². The fraction of sp³-hybridized carbons (Fsp3) is 0.250. The van der Waals surface area contributed by atoms with Gasteiger partial charge in [-0.3, -0.25) is 0 Å². The number of nitrogens with zero attached hydrogens (tertiary/aromatic N) is 2. The van der Waals surface area contributed by atoms with E-state index in [1.165, 1.54) is 0 Å². The Morgan fingerprint density at radius 1 is 1.15 bits per heavy atom. The van der Waals surface area contributed by atoms with Crippen molar-refractivity contribution in [1.82, 2.24) is 9.97 Å². The van der Waals surface area contributed by atoms with Crippen molar-refractivity contribution < 1.29 is 4.74 Å². The minimum absolute atomic E-state index is 0.230. The SMILES string of the molecule is C1=COC(CNc2cnc(-c3ccccc3)nc2)CC1. The molecule has 1 aliphatic heterocycles. The van der Waals surface area contributed by atoms with Crippen LogP contribution in [0.15, 0.2) is 55.1 Å². The van der Waals surface area contributed by atoms with Crippen LogP contribution in [0.25, 0.3) is 11.4 Å². The summed E-state index contributed by atoms with van der Waals surface area (Å²) in [7, 11) is 0. The van der Waals surface area contributed by atoms with E-state index in [4.69, 9.17) is 4.74 Å². The smallest absolute Gasteiger partial charge is 0.159 e. The zero-order chi connectivity index (χ0) is 13.6. The summed E-state index contributed by atoms with van der Waals surface area (Å²) in [5.74, 6) is 0.744. The molecule has 1 aromatic heterocycles. The quantitative estimate of drug-likeness (QED) is 0.923. The molecule has 0 bridgehead atoms. The second kappa shape index (κ2) is 6.19. The van der Waals surface area contributed by atoms with Gasteiger partial charge in [0.05, 0.1) is 30.9 Å². The third-order valence-electron chi connectivity index (χ3n) is 3.24. The molecule has 4 heteroatoms. The molecule has 2 heterocycles. The van der Waals surface area contributed by atoms with Crippen molar-refractivity contribution in [2.75, 3.05) is 11.9 Å². The number of aromatic nitrogens is 2. The first-order chi connectivity index (χ1) is 9.92. The van der Waals surface area contributed by atoms with E-state index in [9.17, 15) is 0 Å². The lowest BCUT2D eigenvalue weighted by molar-refractivity contribution is 0.135. The van der Waals surface area contributed by atoms with Crippen LogP contribution in [0.5, 0.6) is 0 Å². The fourth-order valence-electron chi connectivity index (χ4n) is 2.12. The van der Waals surface area contributed by atoms with Crippen LogP contribution in [-0.4, -0.2) is 22.6 Å². The van der Waals surface area contributed by atoms with Crippen molar-refractivity contribution in [3.8, 4) is 11.4 Å². The van der Waals surface area contributed by atoms with Crippen molar-refractivity contribution in [3.63, 3.8) is 0 Å². The highest BCUT2D eigenvalue weighted by Gasteiger charge is 2.10. The Balaban J connectivity index is 1.60. The lowest BCUT2D eigenvalue weighted by Crippen LogP contribution is -2.23. The standard InChI is InChI=1S/C16H17N3O/c1-2-6-13(7-3-1)16-18-10-14(11-19-16)17-12-15-8-4-5-9-20-15/h1-3,5-7,9-11,15,17H,4,8,12H2. The average molecular weight is 267 g/mol. The largest absolute Gasteiger partial charge is 0.497 e. The van der Waals surface area contributed by atoms with Crippen LogP contribution in [0.3, 0.4) is 0 Å². The van der Waals surface area contributed by atoms with E-state index in [1.807, 2.05) is 48.8 Å². The maximum absolute atomic E-state index is 5.51. The van der Waals surface area contributed by atoms with E-state index < -0.39 is 0 Å². The fourth-order valence-corrected chi connectivity index (χ4v) is 2.12. The number of anilines is 1. The molecular formula is C16H17N3O.